The second-order valence-corrected chi connectivity index (χ2v) is 3.99. The second-order valence-electron chi connectivity index (χ2n) is 2.39. The summed E-state index contributed by atoms with van der Waals surface area (Å²) < 4.78 is 18.4. The van der Waals surface area contributed by atoms with E-state index in [2.05, 4.69) is 5.92 Å². The molecule has 0 aromatic heterocycles. The summed E-state index contributed by atoms with van der Waals surface area (Å²) in [5, 5.41) is 0. The molecule has 0 aromatic rings. The van der Waals surface area contributed by atoms with Gasteiger partial charge in [-0.05, 0) is 13.8 Å². The highest BCUT2D eigenvalue weighted by molar-refractivity contribution is 7.80. The van der Waals surface area contributed by atoms with Gasteiger partial charge in [0.25, 0.3) is 0 Å². The van der Waals surface area contributed by atoms with Gasteiger partial charge in [-0.1, -0.05) is 0 Å². The van der Waals surface area contributed by atoms with Crippen LogP contribution in [0.3, 0.4) is 0 Å². The molecule has 0 aromatic carbocycles. The number of hydrogen-bond acceptors (Lipinski definition) is 1. The molecule has 52 valence electrons. The molecule has 2 nitrogen and oxygen atoms in total. The molecule has 1 unspecified atom stereocenters. The van der Waals surface area contributed by atoms with Gasteiger partial charge in [0.1, 0.15) is 0 Å². The molecule has 0 saturated carbocycles. The summed E-state index contributed by atoms with van der Waals surface area (Å²) in [7, 11) is 0. The van der Waals surface area contributed by atoms with Gasteiger partial charge in [-0.15, -0.1) is 12.3 Å². The van der Waals surface area contributed by atoms with E-state index >= 15 is 0 Å². The highest BCUT2D eigenvalue weighted by atomic mass is 32.2. The van der Waals surface area contributed by atoms with Crippen molar-refractivity contribution in [2.45, 2.75) is 25.0 Å². The quantitative estimate of drug-likeness (QED) is 0.466. The minimum atomic E-state index is -1.82. The van der Waals surface area contributed by atoms with Crippen molar-refractivity contribution in [3.63, 3.8) is 0 Å². The van der Waals surface area contributed by atoms with E-state index in [0.29, 0.717) is 6.42 Å². The van der Waals surface area contributed by atoms with Crippen LogP contribution >= 0.6 is 0 Å². The van der Waals surface area contributed by atoms with Gasteiger partial charge >= 0.3 is 0 Å². The molecule has 9 heavy (non-hydrogen) atoms. The van der Waals surface area contributed by atoms with Crippen LogP contribution in [0.1, 0.15) is 20.3 Å². The topological polar surface area (TPSA) is 37.3 Å². The van der Waals surface area contributed by atoms with E-state index in [1.165, 1.54) is 0 Å². The van der Waals surface area contributed by atoms with Crippen molar-refractivity contribution in [2.75, 3.05) is 0 Å². The highest BCUT2D eigenvalue weighted by Gasteiger charge is 2.22. The summed E-state index contributed by atoms with van der Waals surface area (Å²) in [6.45, 7) is 3.31. The molecule has 1 N–H and O–H groups in total. The van der Waals surface area contributed by atoms with E-state index < -0.39 is 15.8 Å². The summed E-state index contributed by atoms with van der Waals surface area (Å²) in [6.07, 6.45) is 5.29. The van der Waals surface area contributed by atoms with Crippen LogP contribution in [0.4, 0.5) is 0 Å². The Balaban J connectivity index is 4.06. The molecule has 0 aliphatic carbocycles. The van der Waals surface area contributed by atoms with Gasteiger partial charge in [-0.25, -0.2) is 4.21 Å². The van der Waals surface area contributed by atoms with Gasteiger partial charge in [-0.3, -0.25) is 0 Å². The second kappa shape index (κ2) is 3.00. The Kier molecular flexibility index (Phi) is 2.89. The number of hydrogen-bond donors (Lipinski definition) is 1. The molecule has 0 radical (unpaired) electrons. The average Bonchev–Trinajstić information content (AvgIpc) is 1.65. The number of rotatable bonds is 2. The summed E-state index contributed by atoms with van der Waals surface area (Å²) in [4.78, 5) is 0. The van der Waals surface area contributed by atoms with Crippen LogP contribution in [-0.4, -0.2) is 13.5 Å². The van der Waals surface area contributed by atoms with Crippen molar-refractivity contribution in [3.8, 4) is 12.3 Å². The van der Waals surface area contributed by atoms with Crippen LogP contribution in [-0.2, 0) is 11.1 Å². The van der Waals surface area contributed by atoms with Crippen LogP contribution in [0.2, 0.25) is 0 Å². The van der Waals surface area contributed by atoms with Gasteiger partial charge in [-0.2, -0.15) is 0 Å². The van der Waals surface area contributed by atoms with Gasteiger partial charge in [0.15, 0.2) is 11.1 Å². The molecular weight excluding hydrogens is 136 g/mol. The van der Waals surface area contributed by atoms with Gasteiger partial charge < -0.3 is 4.55 Å². The third-order valence-electron chi connectivity index (χ3n) is 1.00. The maximum atomic E-state index is 10.4. The summed E-state index contributed by atoms with van der Waals surface area (Å²) >= 11 is -1.82. The fourth-order valence-electron chi connectivity index (χ4n) is 0.308. The van der Waals surface area contributed by atoms with E-state index in [9.17, 15) is 4.21 Å². The Labute approximate surface area is 57.9 Å². The van der Waals surface area contributed by atoms with Crippen molar-refractivity contribution in [1.29, 1.82) is 0 Å². The lowest BCUT2D eigenvalue weighted by molar-refractivity contribution is 0.519. The predicted molar refractivity (Wildman–Crippen MR) is 38.3 cm³/mol. The third kappa shape index (κ3) is 2.64. The summed E-state index contributed by atoms with van der Waals surface area (Å²) in [6, 6.07) is 0. The minimum Gasteiger partial charge on any atom is -0.306 e. The molecule has 0 spiro atoms. The Hall–Kier alpha value is -0.330. The Morgan fingerprint density at radius 3 is 2.33 bits per heavy atom. The van der Waals surface area contributed by atoms with Crippen LogP contribution in [0.5, 0.6) is 0 Å². The lowest BCUT2D eigenvalue weighted by Gasteiger charge is -2.15. The molecular formula is C6H10O2S. The third-order valence-corrected chi connectivity index (χ3v) is 2.09. The largest absolute Gasteiger partial charge is 0.306 e. The zero-order chi connectivity index (χ0) is 7.49. The Morgan fingerprint density at radius 2 is 2.22 bits per heavy atom. The first-order chi connectivity index (χ1) is 4.00. The molecule has 0 rings (SSSR count). The maximum absolute atomic E-state index is 10.4. The first-order valence-corrected chi connectivity index (χ1v) is 3.66. The molecule has 0 amide bonds. The van der Waals surface area contributed by atoms with Crippen LogP contribution in [0.25, 0.3) is 0 Å². The van der Waals surface area contributed by atoms with E-state index in [0.717, 1.165) is 0 Å². The van der Waals surface area contributed by atoms with Gasteiger partial charge in [0.2, 0.25) is 0 Å². The molecule has 0 heterocycles. The average molecular weight is 146 g/mol. The van der Waals surface area contributed by atoms with Crippen LogP contribution in [0, 0.1) is 12.3 Å². The van der Waals surface area contributed by atoms with Gasteiger partial charge in [0, 0.05) is 6.42 Å². The first kappa shape index (κ1) is 8.67. The number of terminal acetylenes is 1. The smallest absolute Gasteiger partial charge is 0.159 e. The van der Waals surface area contributed by atoms with Crippen molar-refractivity contribution in [1.82, 2.24) is 0 Å². The van der Waals surface area contributed by atoms with Crippen molar-refractivity contribution < 1.29 is 8.76 Å². The van der Waals surface area contributed by atoms with E-state index in [1.807, 2.05) is 0 Å². The summed E-state index contributed by atoms with van der Waals surface area (Å²) in [5.74, 6) is 2.34. The molecule has 0 bridgehead atoms. The summed E-state index contributed by atoms with van der Waals surface area (Å²) in [5.41, 5.74) is 0. The zero-order valence-corrected chi connectivity index (χ0v) is 6.36. The Bertz CT molecular complexity index is 155. The fraction of sp³-hybridized carbons (Fsp3) is 0.667. The van der Waals surface area contributed by atoms with Crippen LogP contribution < -0.4 is 0 Å². The van der Waals surface area contributed by atoms with Gasteiger partial charge in [0.05, 0.1) is 4.75 Å². The van der Waals surface area contributed by atoms with Crippen molar-refractivity contribution >= 4 is 11.1 Å². The van der Waals surface area contributed by atoms with E-state index in [1.54, 1.807) is 13.8 Å². The normalized spacial score (nSPS) is 14.4. The van der Waals surface area contributed by atoms with E-state index in [4.69, 9.17) is 11.0 Å². The van der Waals surface area contributed by atoms with E-state index in [-0.39, 0.29) is 0 Å². The molecule has 0 aliphatic heterocycles. The van der Waals surface area contributed by atoms with Crippen molar-refractivity contribution in [3.05, 3.63) is 0 Å². The lowest BCUT2D eigenvalue weighted by Crippen LogP contribution is -2.24. The SMILES string of the molecule is C#CCC(C)(C)S(=O)O. The molecule has 0 fully saturated rings. The minimum absolute atomic E-state index is 0.329. The standard InChI is InChI=1S/C6H10O2S/c1-4-5-6(2,3)9(7)8/h1H,5H2,2-3H3,(H,7,8). The maximum Gasteiger partial charge on any atom is 0.159 e. The fourth-order valence-corrected chi connectivity index (χ4v) is 0.514. The van der Waals surface area contributed by atoms with Crippen molar-refractivity contribution in [2.24, 2.45) is 0 Å². The zero-order valence-electron chi connectivity index (χ0n) is 5.55. The Morgan fingerprint density at radius 1 is 1.78 bits per heavy atom. The monoisotopic (exact) mass is 146 g/mol. The predicted octanol–water partition coefficient (Wildman–Crippen LogP) is 1.01. The molecule has 1 atom stereocenters. The first-order valence-electron chi connectivity index (χ1n) is 2.55. The molecule has 3 heteroatoms. The van der Waals surface area contributed by atoms with Crippen LogP contribution in [0.15, 0.2) is 0 Å². The highest BCUT2D eigenvalue weighted by Crippen LogP contribution is 2.14. The lowest BCUT2D eigenvalue weighted by atomic mass is 10.1. The molecule has 0 aliphatic rings. The molecule has 0 saturated heterocycles.